The van der Waals surface area contributed by atoms with Crippen LogP contribution in [0.2, 0.25) is 0 Å². The fourth-order valence-corrected chi connectivity index (χ4v) is 2.70. The lowest BCUT2D eigenvalue weighted by Crippen LogP contribution is -2.25. The number of nitrogens with one attached hydrogen (secondary N) is 2. The predicted octanol–water partition coefficient (Wildman–Crippen LogP) is 3.32. The molecule has 0 atom stereocenters. The summed E-state index contributed by atoms with van der Waals surface area (Å²) in [6.45, 7) is 0.0358. The number of hydrazone groups is 1. The first-order valence-electron chi connectivity index (χ1n) is 8.44. The van der Waals surface area contributed by atoms with Crippen LogP contribution in [0.5, 0.6) is 5.75 Å². The molecule has 0 aliphatic rings. The largest absolute Gasteiger partial charge is 0.490 e. The Bertz CT molecular complexity index is 1040. The monoisotopic (exact) mass is 378 g/mol. The first kappa shape index (κ1) is 18.8. The molecular weight excluding hydrogens is 360 g/mol. The van der Waals surface area contributed by atoms with Crippen molar-refractivity contribution >= 4 is 34.3 Å². The molecule has 0 heterocycles. The minimum Gasteiger partial charge on any atom is -0.490 e. The van der Waals surface area contributed by atoms with Crippen LogP contribution in [0.3, 0.4) is 0 Å². The number of nitro groups is 1. The van der Waals surface area contributed by atoms with Gasteiger partial charge in [0, 0.05) is 22.7 Å². The second kappa shape index (κ2) is 8.63. The van der Waals surface area contributed by atoms with Crippen LogP contribution in [0.1, 0.15) is 5.56 Å². The van der Waals surface area contributed by atoms with Gasteiger partial charge in [-0.1, -0.05) is 36.4 Å². The molecule has 142 valence electrons. The Labute approximate surface area is 161 Å². The molecule has 0 spiro atoms. The van der Waals surface area contributed by atoms with Gasteiger partial charge in [-0.3, -0.25) is 14.9 Å². The molecule has 3 aromatic rings. The van der Waals surface area contributed by atoms with Crippen molar-refractivity contribution in [3.05, 3.63) is 76.3 Å². The van der Waals surface area contributed by atoms with Crippen molar-refractivity contribution in [3.8, 4) is 5.75 Å². The highest BCUT2D eigenvalue weighted by Gasteiger charge is 2.14. The fraction of sp³-hybridized carbons (Fsp3) is 0.100. The summed E-state index contributed by atoms with van der Waals surface area (Å²) in [5.74, 6) is -0.183. The van der Waals surface area contributed by atoms with E-state index < -0.39 is 4.92 Å². The molecule has 8 heteroatoms. The van der Waals surface area contributed by atoms with E-state index in [0.717, 1.165) is 16.5 Å². The molecule has 0 saturated heterocycles. The van der Waals surface area contributed by atoms with Gasteiger partial charge >= 0.3 is 5.69 Å². The maximum atomic E-state index is 12.0. The van der Waals surface area contributed by atoms with E-state index in [9.17, 15) is 14.9 Å². The van der Waals surface area contributed by atoms with E-state index in [2.05, 4.69) is 15.8 Å². The highest BCUT2D eigenvalue weighted by atomic mass is 16.6. The number of rotatable bonds is 7. The Kier molecular flexibility index (Phi) is 5.81. The van der Waals surface area contributed by atoms with Crippen LogP contribution < -0.4 is 15.5 Å². The molecule has 0 aliphatic carbocycles. The van der Waals surface area contributed by atoms with Gasteiger partial charge in [0.2, 0.25) is 0 Å². The molecule has 3 rings (SSSR count). The molecular formula is C20H18N4O4. The van der Waals surface area contributed by atoms with Crippen molar-refractivity contribution in [1.29, 1.82) is 0 Å². The lowest BCUT2D eigenvalue weighted by Gasteiger charge is -2.08. The number of benzene rings is 3. The van der Waals surface area contributed by atoms with Gasteiger partial charge in [-0.25, -0.2) is 5.43 Å². The van der Waals surface area contributed by atoms with Gasteiger partial charge in [0.25, 0.3) is 5.91 Å². The van der Waals surface area contributed by atoms with E-state index in [1.807, 2.05) is 42.5 Å². The molecule has 0 aromatic heterocycles. The minimum absolute atomic E-state index is 0.0358. The number of hydrogen-bond acceptors (Lipinski definition) is 6. The smallest absolute Gasteiger partial charge is 0.311 e. The van der Waals surface area contributed by atoms with Crippen LogP contribution in [0.15, 0.2) is 65.8 Å². The number of nitrogens with zero attached hydrogens (tertiary/aromatic N) is 2. The van der Waals surface area contributed by atoms with Gasteiger partial charge in [0.05, 0.1) is 24.8 Å². The summed E-state index contributed by atoms with van der Waals surface area (Å²) in [6, 6.07) is 18.1. The van der Waals surface area contributed by atoms with Crippen molar-refractivity contribution in [2.45, 2.75) is 0 Å². The van der Waals surface area contributed by atoms with Gasteiger partial charge < -0.3 is 10.1 Å². The Morgan fingerprint density at radius 3 is 2.75 bits per heavy atom. The third kappa shape index (κ3) is 4.42. The average molecular weight is 378 g/mol. The van der Waals surface area contributed by atoms with Gasteiger partial charge in [0.1, 0.15) is 0 Å². The summed E-state index contributed by atoms with van der Waals surface area (Å²) in [5.41, 5.74) is 3.54. The zero-order valence-corrected chi connectivity index (χ0v) is 15.1. The second-order valence-electron chi connectivity index (χ2n) is 5.86. The van der Waals surface area contributed by atoms with Crippen LogP contribution in [-0.2, 0) is 4.79 Å². The standard InChI is InChI=1S/C20H18N4O4/c1-28-19-10-9-14(11-18(19)24(26)27)12-22-23-20(25)13-21-17-8-4-6-15-5-2-3-7-16(15)17/h2-12,21H,13H2,1H3,(H,23,25). The van der Waals surface area contributed by atoms with Crippen molar-refractivity contribution in [3.63, 3.8) is 0 Å². The number of anilines is 1. The van der Waals surface area contributed by atoms with E-state index in [1.54, 1.807) is 6.07 Å². The number of carbonyl (C=O) groups excluding carboxylic acids is 1. The molecule has 0 bridgehead atoms. The molecule has 2 N–H and O–H groups in total. The Morgan fingerprint density at radius 2 is 1.96 bits per heavy atom. The maximum absolute atomic E-state index is 12.0. The number of amides is 1. The topological polar surface area (TPSA) is 106 Å². The van der Waals surface area contributed by atoms with Gasteiger partial charge in [-0.05, 0) is 23.6 Å². The van der Waals surface area contributed by atoms with E-state index in [-0.39, 0.29) is 23.9 Å². The minimum atomic E-state index is -0.539. The summed E-state index contributed by atoms with van der Waals surface area (Å²) < 4.78 is 4.94. The SMILES string of the molecule is COc1ccc(C=NNC(=O)CNc2cccc3ccccc23)cc1[N+](=O)[O-]. The molecule has 3 aromatic carbocycles. The number of carbonyl (C=O) groups is 1. The molecule has 0 unspecified atom stereocenters. The lowest BCUT2D eigenvalue weighted by molar-refractivity contribution is -0.385. The maximum Gasteiger partial charge on any atom is 0.311 e. The number of ether oxygens (including phenoxy) is 1. The molecule has 1 amide bonds. The number of hydrogen-bond donors (Lipinski definition) is 2. The van der Waals surface area contributed by atoms with E-state index in [0.29, 0.717) is 5.56 Å². The third-order valence-corrected chi connectivity index (χ3v) is 4.03. The Hall–Kier alpha value is -3.94. The highest BCUT2D eigenvalue weighted by molar-refractivity contribution is 5.95. The summed E-state index contributed by atoms with van der Waals surface area (Å²) >= 11 is 0. The van der Waals surface area contributed by atoms with Crippen LogP contribution >= 0.6 is 0 Å². The molecule has 0 radical (unpaired) electrons. The number of fused-ring (bicyclic) bond motifs is 1. The van der Waals surface area contributed by atoms with E-state index in [4.69, 9.17) is 4.74 Å². The van der Waals surface area contributed by atoms with Crippen LogP contribution in [0.25, 0.3) is 10.8 Å². The Morgan fingerprint density at radius 1 is 1.18 bits per heavy atom. The van der Waals surface area contributed by atoms with Crippen molar-refractivity contribution in [2.24, 2.45) is 5.10 Å². The quantitative estimate of drug-likeness (QED) is 0.373. The fourth-order valence-electron chi connectivity index (χ4n) is 2.70. The first-order valence-corrected chi connectivity index (χ1v) is 8.44. The number of methoxy groups -OCH3 is 1. The molecule has 8 nitrogen and oxygen atoms in total. The second-order valence-corrected chi connectivity index (χ2v) is 5.86. The lowest BCUT2D eigenvalue weighted by atomic mass is 10.1. The van der Waals surface area contributed by atoms with Gasteiger partial charge in [-0.15, -0.1) is 0 Å². The van der Waals surface area contributed by atoms with E-state index in [1.165, 1.54) is 25.5 Å². The average Bonchev–Trinajstić information content (AvgIpc) is 2.72. The number of nitro benzene ring substituents is 1. The van der Waals surface area contributed by atoms with Crippen LogP contribution in [0, 0.1) is 10.1 Å². The van der Waals surface area contributed by atoms with Crippen LogP contribution in [0.4, 0.5) is 11.4 Å². The molecule has 28 heavy (non-hydrogen) atoms. The predicted molar refractivity (Wildman–Crippen MR) is 108 cm³/mol. The normalized spacial score (nSPS) is 10.8. The summed E-state index contributed by atoms with van der Waals surface area (Å²) in [6.07, 6.45) is 1.34. The highest BCUT2D eigenvalue weighted by Crippen LogP contribution is 2.26. The molecule has 0 saturated carbocycles. The molecule has 0 fully saturated rings. The van der Waals surface area contributed by atoms with Crippen LogP contribution in [-0.4, -0.2) is 30.7 Å². The zero-order chi connectivity index (χ0) is 19.9. The summed E-state index contributed by atoms with van der Waals surface area (Å²) in [7, 11) is 1.36. The van der Waals surface area contributed by atoms with Gasteiger partial charge in [0.15, 0.2) is 5.75 Å². The van der Waals surface area contributed by atoms with Crippen molar-refractivity contribution in [1.82, 2.24) is 5.43 Å². The molecule has 0 aliphatic heterocycles. The summed E-state index contributed by atoms with van der Waals surface area (Å²) in [4.78, 5) is 22.5. The summed E-state index contributed by atoms with van der Waals surface area (Å²) in [5, 5.41) is 20.1. The Balaban J connectivity index is 1.60. The van der Waals surface area contributed by atoms with Crippen molar-refractivity contribution in [2.75, 3.05) is 19.0 Å². The van der Waals surface area contributed by atoms with Gasteiger partial charge in [-0.2, -0.15) is 5.10 Å². The third-order valence-electron chi connectivity index (χ3n) is 4.03. The zero-order valence-electron chi connectivity index (χ0n) is 15.1. The van der Waals surface area contributed by atoms with Crippen molar-refractivity contribution < 1.29 is 14.5 Å². The first-order chi connectivity index (χ1) is 13.6. The van der Waals surface area contributed by atoms with E-state index >= 15 is 0 Å².